The Morgan fingerprint density at radius 2 is 2.04 bits per heavy atom. The van der Waals surface area contributed by atoms with Gasteiger partial charge in [-0.2, -0.15) is 0 Å². The van der Waals surface area contributed by atoms with Gasteiger partial charge in [-0.15, -0.1) is 0 Å². The third-order valence-corrected chi connectivity index (χ3v) is 5.67. The standard InChI is InChI=1S/C20H32N2O2/c1-15-12-21-19(16(2)20(15)23-3)14-22-9-10-24-18(13-22)11-17-7-5-4-6-8-17/h12,17-18H,4-11,13-14H2,1-3H3/t18-/m1/s1. The monoisotopic (exact) mass is 332 g/mol. The number of methoxy groups -OCH3 is 1. The second-order valence-corrected chi connectivity index (χ2v) is 7.51. The number of aromatic nitrogens is 1. The van der Waals surface area contributed by atoms with E-state index in [2.05, 4.69) is 23.7 Å². The summed E-state index contributed by atoms with van der Waals surface area (Å²) in [5, 5.41) is 0. The minimum absolute atomic E-state index is 0.398. The summed E-state index contributed by atoms with van der Waals surface area (Å²) in [6.07, 6.45) is 10.6. The van der Waals surface area contributed by atoms with Gasteiger partial charge in [0.2, 0.25) is 0 Å². The van der Waals surface area contributed by atoms with E-state index >= 15 is 0 Å². The number of hydrogen-bond donors (Lipinski definition) is 0. The highest BCUT2D eigenvalue weighted by atomic mass is 16.5. The summed E-state index contributed by atoms with van der Waals surface area (Å²) in [5.74, 6) is 1.86. The lowest BCUT2D eigenvalue weighted by Gasteiger charge is -2.35. The summed E-state index contributed by atoms with van der Waals surface area (Å²) in [6.45, 7) is 7.95. The molecule has 0 spiro atoms. The average Bonchev–Trinajstić information content (AvgIpc) is 2.59. The molecule has 1 aliphatic carbocycles. The van der Waals surface area contributed by atoms with E-state index in [0.29, 0.717) is 6.10 Å². The van der Waals surface area contributed by atoms with Crippen LogP contribution in [0.5, 0.6) is 5.75 Å². The number of aryl methyl sites for hydroxylation is 1. The lowest BCUT2D eigenvalue weighted by molar-refractivity contribution is -0.0443. The molecule has 0 radical (unpaired) electrons. The van der Waals surface area contributed by atoms with Crippen LogP contribution in [0.15, 0.2) is 6.20 Å². The Bertz CT molecular complexity index is 541. The van der Waals surface area contributed by atoms with Crippen LogP contribution in [0.3, 0.4) is 0 Å². The molecule has 1 saturated carbocycles. The van der Waals surface area contributed by atoms with Crippen LogP contribution in [0, 0.1) is 19.8 Å². The SMILES string of the molecule is COc1c(C)cnc(CN2CCO[C@H](CC3CCCCC3)C2)c1C. The minimum atomic E-state index is 0.398. The van der Waals surface area contributed by atoms with Crippen LogP contribution >= 0.6 is 0 Å². The second-order valence-electron chi connectivity index (χ2n) is 7.51. The fraction of sp³-hybridized carbons (Fsp3) is 0.750. The van der Waals surface area contributed by atoms with E-state index in [4.69, 9.17) is 9.47 Å². The zero-order valence-electron chi connectivity index (χ0n) is 15.5. The first-order valence-electron chi connectivity index (χ1n) is 9.50. The zero-order valence-corrected chi connectivity index (χ0v) is 15.5. The van der Waals surface area contributed by atoms with Gasteiger partial charge in [-0.05, 0) is 26.2 Å². The summed E-state index contributed by atoms with van der Waals surface area (Å²) in [4.78, 5) is 7.16. The normalized spacial score (nSPS) is 23.4. The van der Waals surface area contributed by atoms with E-state index in [1.807, 2.05) is 6.20 Å². The van der Waals surface area contributed by atoms with Crippen LogP contribution in [0.1, 0.15) is 55.3 Å². The first kappa shape index (κ1) is 17.7. The number of nitrogens with zero attached hydrogens (tertiary/aromatic N) is 2. The zero-order chi connectivity index (χ0) is 16.9. The molecule has 0 unspecified atom stereocenters. The van der Waals surface area contributed by atoms with Crippen LogP contribution in [0.2, 0.25) is 0 Å². The van der Waals surface area contributed by atoms with Gasteiger partial charge < -0.3 is 9.47 Å². The highest BCUT2D eigenvalue weighted by molar-refractivity contribution is 5.41. The number of morpholine rings is 1. The van der Waals surface area contributed by atoms with E-state index in [0.717, 1.165) is 49.2 Å². The average molecular weight is 332 g/mol. The Hall–Kier alpha value is -1.13. The first-order chi connectivity index (χ1) is 11.7. The lowest BCUT2D eigenvalue weighted by Crippen LogP contribution is -2.43. The van der Waals surface area contributed by atoms with Crippen molar-refractivity contribution in [2.75, 3.05) is 26.8 Å². The van der Waals surface area contributed by atoms with E-state index in [1.165, 1.54) is 44.1 Å². The minimum Gasteiger partial charge on any atom is -0.496 e. The molecule has 3 rings (SSSR count). The van der Waals surface area contributed by atoms with Gasteiger partial charge in [0.15, 0.2) is 0 Å². The molecule has 24 heavy (non-hydrogen) atoms. The maximum absolute atomic E-state index is 6.06. The molecule has 1 saturated heterocycles. The van der Waals surface area contributed by atoms with Gasteiger partial charge in [-0.3, -0.25) is 9.88 Å². The van der Waals surface area contributed by atoms with Gasteiger partial charge in [0, 0.05) is 37.0 Å². The molecule has 134 valence electrons. The van der Waals surface area contributed by atoms with E-state index in [9.17, 15) is 0 Å². The van der Waals surface area contributed by atoms with Gasteiger partial charge in [0.05, 0.1) is 25.5 Å². The first-order valence-corrected chi connectivity index (χ1v) is 9.50. The van der Waals surface area contributed by atoms with Crippen LogP contribution < -0.4 is 4.74 Å². The van der Waals surface area contributed by atoms with Crippen LogP contribution in [-0.4, -0.2) is 42.8 Å². The van der Waals surface area contributed by atoms with Gasteiger partial charge in [-0.25, -0.2) is 0 Å². The maximum atomic E-state index is 6.06. The number of hydrogen-bond acceptors (Lipinski definition) is 4. The third-order valence-electron chi connectivity index (χ3n) is 5.67. The summed E-state index contributed by atoms with van der Waals surface area (Å²) < 4.78 is 11.6. The molecular weight excluding hydrogens is 300 g/mol. The second kappa shape index (κ2) is 8.30. The van der Waals surface area contributed by atoms with Gasteiger partial charge in [0.25, 0.3) is 0 Å². The molecule has 1 aromatic rings. The molecule has 1 aliphatic heterocycles. The smallest absolute Gasteiger partial charge is 0.128 e. The fourth-order valence-corrected chi connectivity index (χ4v) is 4.30. The van der Waals surface area contributed by atoms with Gasteiger partial charge >= 0.3 is 0 Å². The predicted octanol–water partition coefficient (Wildman–Crippen LogP) is 3.88. The molecule has 0 bridgehead atoms. The Balaban J connectivity index is 1.59. The Kier molecular flexibility index (Phi) is 6.12. The Morgan fingerprint density at radius 3 is 2.79 bits per heavy atom. The van der Waals surface area contributed by atoms with E-state index in [1.54, 1.807) is 7.11 Å². The lowest BCUT2D eigenvalue weighted by atomic mass is 9.85. The molecule has 2 fully saturated rings. The van der Waals surface area contributed by atoms with Crippen molar-refractivity contribution in [3.05, 3.63) is 23.0 Å². The van der Waals surface area contributed by atoms with Crippen LogP contribution in [0.4, 0.5) is 0 Å². The molecule has 4 nitrogen and oxygen atoms in total. The van der Waals surface area contributed by atoms with Crippen molar-refractivity contribution in [3.63, 3.8) is 0 Å². The van der Waals surface area contributed by atoms with Crippen molar-refractivity contribution in [1.29, 1.82) is 0 Å². The molecule has 2 aliphatic rings. The fourth-order valence-electron chi connectivity index (χ4n) is 4.30. The van der Waals surface area contributed by atoms with Crippen molar-refractivity contribution in [1.82, 2.24) is 9.88 Å². The maximum Gasteiger partial charge on any atom is 0.128 e. The highest BCUT2D eigenvalue weighted by Crippen LogP contribution is 2.30. The van der Waals surface area contributed by atoms with Gasteiger partial charge in [0.1, 0.15) is 5.75 Å². The van der Waals surface area contributed by atoms with Crippen molar-refractivity contribution in [2.24, 2.45) is 5.92 Å². The van der Waals surface area contributed by atoms with E-state index < -0.39 is 0 Å². The molecule has 1 aromatic heterocycles. The van der Waals surface area contributed by atoms with Crippen molar-refractivity contribution >= 4 is 0 Å². The quantitative estimate of drug-likeness (QED) is 0.819. The van der Waals surface area contributed by atoms with E-state index in [-0.39, 0.29) is 0 Å². The van der Waals surface area contributed by atoms with Crippen LogP contribution in [-0.2, 0) is 11.3 Å². The molecule has 0 amide bonds. The summed E-state index contributed by atoms with van der Waals surface area (Å²) >= 11 is 0. The molecule has 0 aromatic carbocycles. The van der Waals surface area contributed by atoms with Crippen molar-refractivity contribution in [2.45, 2.75) is 65.0 Å². The Morgan fingerprint density at radius 1 is 1.25 bits per heavy atom. The number of ether oxygens (including phenoxy) is 2. The third kappa shape index (κ3) is 4.28. The molecule has 0 N–H and O–H groups in total. The topological polar surface area (TPSA) is 34.6 Å². The summed E-state index contributed by atoms with van der Waals surface area (Å²) in [5.41, 5.74) is 3.42. The summed E-state index contributed by atoms with van der Waals surface area (Å²) in [7, 11) is 1.74. The van der Waals surface area contributed by atoms with Gasteiger partial charge in [-0.1, -0.05) is 32.1 Å². The molecule has 4 heteroatoms. The molecular formula is C20H32N2O2. The Labute approximate surface area is 146 Å². The predicted molar refractivity (Wildman–Crippen MR) is 96.5 cm³/mol. The number of rotatable bonds is 5. The largest absolute Gasteiger partial charge is 0.496 e. The summed E-state index contributed by atoms with van der Waals surface area (Å²) in [6, 6.07) is 0. The molecule has 1 atom stereocenters. The number of pyridine rings is 1. The van der Waals surface area contributed by atoms with Crippen molar-refractivity contribution in [3.8, 4) is 5.75 Å². The van der Waals surface area contributed by atoms with Crippen LogP contribution in [0.25, 0.3) is 0 Å². The molecule has 2 heterocycles. The van der Waals surface area contributed by atoms with Crippen molar-refractivity contribution < 1.29 is 9.47 Å². The highest BCUT2D eigenvalue weighted by Gasteiger charge is 2.25.